The van der Waals surface area contributed by atoms with Gasteiger partial charge in [-0.2, -0.15) is 11.8 Å². The average molecular weight is 309 g/mol. The van der Waals surface area contributed by atoms with Gasteiger partial charge in [0.05, 0.1) is 18.7 Å². The average Bonchev–Trinajstić information content (AvgIpc) is 2.94. The Balaban J connectivity index is 1.46. The fraction of sp³-hybridized carbons (Fsp3) is 0.929. The van der Waals surface area contributed by atoms with Crippen LogP contribution in [-0.2, 0) is 11.3 Å². The molecule has 2 atom stereocenters. The summed E-state index contributed by atoms with van der Waals surface area (Å²) in [5.41, 5.74) is 0. The minimum atomic E-state index is 0.404. The first-order valence-electron chi connectivity index (χ1n) is 8.10. The number of ether oxygens (including phenoxy) is 1. The first-order chi connectivity index (χ1) is 10.4. The monoisotopic (exact) mass is 309 g/mol. The third kappa shape index (κ3) is 3.24. The van der Waals surface area contributed by atoms with Crippen molar-refractivity contribution in [1.29, 1.82) is 0 Å². The van der Waals surface area contributed by atoms with Crippen molar-refractivity contribution in [1.82, 2.24) is 25.1 Å². The Morgan fingerprint density at radius 3 is 2.95 bits per heavy atom. The van der Waals surface area contributed by atoms with Crippen LogP contribution in [0.25, 0.3) is 0 Å². The summed E-state index contributed by atoms with van der Waals surface area (Å²) in [6, 6.07) is 1.21. The van der Waals surface area contributed by atoms with Gasteiger partial charge in [0.2, 0.25) is 0 Å². The molecule has 3 aliphatic rings. The molecule has 1 aromatic rings. The predicted octanol–water partition coefficient (Wildman–Crippen LogP) is 1.49. The zero-order valence-corrected chi connectivity index (χ0v) is 13.2. The van der Waals surface area contributed by atoms with Crippen LogP contribution in [0, 0.1) is 0 Å². The summed E-state index contributed by atoms with van der Waals surface area (Å²) in [6.07, 6.45) is 6.54. The predicted molar refractivity (Wildman–Crippen MR) is 81.2 cm³/mol. The number of tetrazole rings is 1. The van der Waals surface area contributed by atoms with Gasteiger partial charge in [0, 0.05) is 24.9 Å². The minimum Gasteiger partial charge on any atom is -0.377 e. The smallest absolute Gasteiger partial charge is 0.165 e. The van der Waals surface area contributed by atoms with Crippen LogP contribution in [0.4, 0.5) is 0 Å². The van der Waals surface area contributed by atoms with Crippen molar-refractivity contribution in [3.05, 3.63) is 5.82 Å². The normalized spacial score (nSPS) is 29.6. The number of thioether (sulfide) groups is 1. The summed E-state index contributed by atoms with van der Waals surface area (Å²) >= 11 is 2.06. The second kappa shape index (κ2) is 6.22. The molecule has 0 bridgehead atoms. The molecule has 116 valence electrons. The quantitative estimate of drug-likeness (QED) is 0.793. The van der Waals surface area contributed by atoms with Crippen LogP contribution in [-0.4, -0.2) is 61.9 Å². The minimum absolute atomic E-state index is 0.404. The Morgan fingerprint density at radius 1 is 1.29 bits per heavy atom. The second-order valence-corrected chi connectivity index (χ2v) is 7.50. The highest BCUT2D eigenvalue weighted by Gasteiger charge is 2.31. The fourth-order valence-electron chi connectivity index (χ4n) is 3.30. The van der Waals surface area contributed by atoms with E-state index in [4.69, 9.17) is 4.74 Å². The lowest BCUT2D eigenvalue weighted by Gasteiger charge is -2.29. The Hall–Kier alpha value is -0.660. The maximum absolute atomic E-state index is 5.85. The van der Waals surface area contributed by atoms with E-state index in [9.17, 15) is 0 Å². The molecule has 0 spiro atoms. The van der Waals surface area contributed by atoms with Crippen molar-refractivity contribution in [2.24, 2.45) is 0 Å². The summed E-state index contributed by atoms with van der Waals surface area (Å²) in [5, 5.41) is 12.4. The molecule has 2 aliphatic heterocycles. The van der Waals surface area contributed by atoms with Crippen LogP contribution in [0.2, 0.25) is 0 Å². The van der Waals surface area contributed by atoms with E-state index in [0.717, 1.165) is 25.5 Å². The van der Waals surface area contributed by atoms with Crippen molar-refractivity contribution in [3.8, 4) is 0 Å². The van der Waals surface area contributed by atoms with E-state index < -0.39 is 0 Å². The van der Waals surface area contributed by atoms with E-state index in [1.165, 1.54) is 43.6 Å². The maximum Gasteiger partial charge on any atom is 0.165 e. The van der Waals surface area contributed by atoms with Gasteiger partial charge in [0.15, 0.2) is 5.82 Å². The molecule has 21 heavy (non-hydrogen) atoms. The van der Waals surface area contributed by atoms with Crippen molar-refractivity contribution in [2.45, 2.75) is 56.8 Å². The molecule has 0 unspecified atom stereocenters. The first kappa shape index (κ1) is 14.0. The molecule has 4 rings (SSSR count). The molecule has 1 aliphatic carbocycles. The highest BCUT2D eigenvalue weighted by atomic mass is 32.2. The Morgan fingerprint density at radius 2 is 2.24 bits per heavy atom. The topological polar surface area (TPSA) is 56.1 Å². The van der Waals surface area contributed by atoms with Crippen molar-refractivity contribution < 1.29 is 4.74 Å². The van der Waals surface area contributed by atoms with Gasteiger partial charge in [0.25, 0.3) is 0 Å². The number of nitrogens with zero attached hydrogens (tertiary/aromatic N) is 5. The maximum atomic E-state index is 5.85. The Bertz CT molecular complexity index is 466. The van der Waals surface area contributed by atoms with E-state index in [-0.39, 0.29) is 0 Å². The zero-order valence-electron chi connectivity index (χ0n) is 12.4. The lowest BCUT2D eigenvalue weighted by Crippen LogP contribution is -2.40. The Kier molecular flexibility index (Phi) is 4.14. The molecule has 6 nitrogen and oxygen atoms in total. The summed E-state index contributed by atoms with van der Waals surface area (Å²) in [7, 11) is 0. The summed E-state index contributed by atoms with van der Waals surface area (Å²) in [5.74, 6) is 3.55. The first-order valence-corrected chi connectivity index (χ1v) is 9.26. The Labute approximate surface area is 129 Å². The summed E-state index contributed by atoms with van der Waals surface area (Å²) < 4.78 is 7.89. The molecule has 1 saturated carbocycles. The molecule has 7 heteroatoms. The number of hydrogen-bond acceptors (Lipinski definition) is 6. The highest BCUT2D eigenvalue weighted by Crippen LogP contribution is 2.35. The van der Waals surface area contributed by atoms with Crippen LogP contribution < -0.4 is 0 Å². The van der Waals surface area contributed by atoms with E-state index in [1.54, 1.807) is 0 Å². The standard InChI is InChI=1S/C14H23N5OS/c1-2-13(20-6-1)8-18(12-5-7-21-10-12)9-14-15-16-17-19(14)11-3-4-11/h11-13H,1-10H2/t12-,13-/m1/s1. The van der Waals surface area contributed by atoms with Crippen molar-refractivity contribution in [3.63, 3.8) is 0 Å². The summed E-state index contributed by atoms with van der Waals surface area (Å²) in [4.78, 5) is 2.57. The lowest BCUT2D eigenvalue weighted by atomic mass is 10.1. The van der Waals surface area contributed by atoms with Crippen LogP contribution >= 0.6 is 11.8 Å². The third-order valence-electron chi connectivity index (χ3n) is 4.68. The van der Waals surface area contributed by atoms with Gasteiger partial charge in [-0.1, -0.05) is 0 Å². The number of aromatic nitrogens is 4. The van der Waals surface area contributed by atoms with Gasteiger partial charge in [-0.3, -0.25) is 4.90 Å². The molecule has 1 aromatic heterocycles. The zero-order chi connectivity index (χ0) is 14.1. The van der Waals surface area contributed by atoms with E-state index in [0.29, 0.717) is 18.2 Å². The lowest BCUT2D eigenvalue weighted by molar-refractivity contribution is 0.0558. The summed E-state index contributed by atoms with van der Waals surface area (Å²) in [6.45, 7) is 2.83. The van der Waals surface area contributed by atoms with Gasteiger partial charge >= 0.3 is 0 Å². The molecule has 3 fully saturated rings. The fourth-order valence-corrected chi connectivity index (χ4v) is 4.56. The molecular formula is C14H23N5OS. The number of rotatable bonds is 6. The van der Waals surface area contributed by atoms with Crippen molar-refractivity contribution in [2.75, 3.05) is 24.7 Å². The van der Waals surface area contributed by atoms with E-state index in [1.807, 2.05) is 4.68 Å². The molecule has 0 radical (unpaired) electrons. The molecular weight excluding hydrogens is 286 g/mol. The highest BCUT2D eigenvalue weighted by molar-refractivity contribution is 7.99. The van der Waals surface area contributed by atoms with Crippen LogP contribution in [0.1, 0.15) is 44.0 Å². The molecule has 2 saturated heterocycles. The second-order valence-electron chi connectivity index (χ2n) is 6.35. The van der Waals surface area contributed by atoms with Crippen LogP contribution in [0.5, 0.6) is 0 Å². The van der Waals surface area contributed by atoms with Gasteiger partial charge in [-0.05, 0) is 48.3 Å². The largest absolute Gasteiger partial charge is 0.377 e. The van der Waals surface area contributed by atoms with Gasteiger partial charge in [-0.15, -0.1) is 5.10 Å². The molecule has 0 aromatic carbocycles. The SMILES string of the molecule is C1CO[C@@H](CN(Cc2nnnn2C2CC2)[C@@H]2CCSC2)C1. The van der Waals surface area contributed by atoms with E-state index in [2.05, 4.69) is 32.2 Å². The molecule has 0 amide bonds. The molecule has 0 N–H and O–H groups in total. The third-order valence-corrected chi connectivity index (χ3v) is 5.83. The van der Waals surface area contributed by atoms with Gasteiger partial charge < -0.3 is 4.74 Å². The van der Waals surface area contributed by atoms with Gasteiger partial charge in [-0.25, -0.2) is 4.68 Å². The van der Waals surface area contributed by atoms with Crippen LogP contribution in [0.15, 0.2) is 0 Å². The van der Waals surface area contributed by atoms with E-state index >= 15 is 0 Å². The number of hydrogen-bond donors (Lipinski definition) is 0. The van der Waals surface area contributed by atoms with Crippen molar-refractivity contribution >= 4 is 11.8 Å². The van der Waals surface area contributed by atoms with Gasteiger partial charge in [0.1, 0.15) is 0 Å². The molecule has 3 heterocycles. The van der Waals surface area contributed by atoms with Crippen LogP contribution in [0.3, 0.4) is 0 Å².